The lowest BCUT2D eigenvalue weighted by atomic mass is 10.2. The predicted molar refractivity (Wildman–Crippen MR) is 89.3 cm³/mol. The molecule has 0 radical (unpaired) electrons. The van der Waals surface area contributed by atoms with Gasteiger partial charge in [0.25, 0.3) is 0 Å². The Morgan fingerprint density at radius 1 is 1.10 bits per heavy atom. The molecule has 0 saturated heterocycles. The minimum absolute atomic E-state index is 0.188. The summed E-state index contributed by atoms with van der Waals surface area (Å²) in [5.41, 5.74) is 1.07. The topological polar surface area (TPSA) is 58.2 Å². The van der Waals surface area contributed by atoms with Crippen molar-refractivity contribution in [1.82, 2.24) is 10.0 Å². The second kappa shape index (κ2) is 9.41. The van der Waals surface area contributed by atoms with E-state index in [4.69, 9.17) is 11.6 Å². The summed E-state index contributed by atoms with van der Waals surface area (Å²) in [4.78, 5) is 0. The maximum absolute atomic E-state index is 11.8. The second-order valence-corrected chi connectivity index (χ2v) is 7.77. The molecule has 6 heteroatoms. The summed E-state index contributed by atoms with van der Waals surface area (Å²) >= 11 is 5.80. The highest BCUT2D eigenvalue weighted by atomic mass is 35.5. The molecule has 0 unspecified atom stereocenters. The highest BCUT2D eigenvalue weighted by molar-refractivity contribution is 7.89. The number of hydrogen-bond donors (Lipinski definition) is 2. The molecule has 1 aromatic rings. The SMILES string of the molecule is CC(C)NCCCCS(=O)(=O)NCCc1ccc(Cl)cc1. The van der Waals surface area contributed by atoms with Crippen LogP contribution >= 0.6 is 11.6 Å². The summed E-state index contributed by atoms with van der Waals surface area (Å²) in [5, 5.41) is 3.96. The molecule has 1 rings (SSSR count). The fourth-order valence-corrected chi connectivity index (χ4v) is 3.15. The van der Waals surface area contributed by atoms with E-state index in [9.17, 15) is 8.42 Å². The molecule has 0 aromatic heterocycles. The number of hydrogen-bond acceptors (Lipinski definition) is 3. The van der Waals surface area contributed by atoms with E-state index in [1.165, 1.54) is 0 Å². The first kappa shape index (κ1) is 18.4. The molecule has 0 spiro atoms. The molecule has 0 aliphatic rings. The quantitative estimate of drug-likeness (QED) is 0.647. The van der Waals surface area contributed by atoms with Crippen molar-refractivity contribution >= 4 is 21.6 Å². The van der Waals surface area contributed by atoms with Crippen LogP contribution in [0.4, 0.5) is 0 Å². The molecule has 0 heterocycles. The standard InChI is InChI=1S/C15H25ClN2O2S/c1-13(2)17-10-3-4-12-21(19,20)18-11-9-14-5-7-15(16)8-6-14/h5-8,13,17-18H,3-4,9-12H2,1-2H3. The van der Waals surface area contributed by atoms with Crippen LogP contribution in [0.3, 0.4) is 0 Å². The fraction of sp³-hybridized carbons (Fsp3) is 0.600. The van der Waals surface area contributed by atoms with Gasteiger partial charge in [0.05, 0.1) is 5.75 Å². The molecule has 0 atom stereocenters. The molecule has 0 aliphatic carbocycles. The van der Waals surface area contributed by atoms with Crippen molar-refractivity contribution < 1.29 is 8.42 Å². The van der Waals surface area contributed by atoms with Crippen molar-refractivity contribution in [1.29, 1.82) is 0 Å². The third-order valence-electron chi connectivity index (χ3n) is 3.04. The van der Waals surface area contributed by atoms with E-state index in [1.54, 1.807) is 0 Å². The predicted octanol–water partition coefficient (Wildman–Crippen LogP) is 2.58. The summed E-state index contributed by atoms with van der Waals surface area (Å²) in [7, 11) is -3.16. The minimum Gasteiger partial charge on any atom is -0.315 e. The van der Waals surface area contributed by atoms with E-state index in [0.29, 0.717) is 30.5 Å². The van der Waals surface area contributed by atoms with Crippen molar-refractivity contribution in [3.8, 4) is 0 Å². The van der Waals surface area contributed by atoms with E-state index in [1.807, 2.05) is 24.3 Å². The van der Waals surface area contributed by atoms with Gasteiger partial charge in [0.2, 0.25) is 10.0 Å². The van der Waals surface area contributed by atoms with Crippen LogP contribution in [-0.2, 0) is 16.4 Å². The first-order valence-electron chi connectivity index (χ1n) is 7.34. The van der Waals surface area contributed by atoms with Crippen LogP contribution in [-0.4, -0.2) is 33.3 Å². The Hall–Kier alpha value is -0.620. The van der Waals surface area contributed by atoms with E-state index in [0.717, 1.165) is 18.5 Å². The zero-order valence-electron chi connectivity index (χ0n) is 12.7. The Balaban J connectivity index is 2.19. The number of nitrogens with one attached hydrogen (secondary N) is 2. The summed E-state index contributed by atoms with van der Waals surface area (Å²) in [5.74, 6) is 0.188. The van der Waals surface area contributed by atoms with Crippen molar-refractivity contribution in [2.45, 2.75) is 39.2 Å². The highest BCUT2D eigenvalue weighted by Crippen LogP contribution is 2.09. The first-order valence-corrected chi connectivity index (χ1v) is 9.37. The molecule has 1 aromatic carbocycles. The van der Waals surface area contributed by atoms with E-state index < -0.39 is 10.0 Å². The van der Waals surface area contributed by atoms with Gasteiger partial charge >= 0.3 is 0 Å². The van der Waals surface area contributed by atoms with Crippen LogP contribution in [0.15, 0.2) is 24.3 Å². The number of halogens is 1. The Bertz CT molecular complexity index is 501. The molecular formula is C15H25ClN2O2S. The molecule has 0 fully saturated rings. The average molecular weight is 333 g/mol. The number of unbranched alkanes of at least 4 members (excludes halogenated alkanes) is 1. The van der Waals surface area contributed by atoms with Crippen molar-refractivity contribution in [3.63, 3.8) is 0 Å². The monoisotopic (exact) mass is 332 g/mol. The normalized spacial score (nSPS) is 12.0. The van der Waals surface area contributed by atoms with Crippen LogP contribution in [0.5, 0.6) is 0 Å². The molecular weight excluding hydrogens is 308 g/mol. The van der Waals surface area contributed by atoms with Gasteiger partial charge in [0, 0.05) is 17.6 Å². The Kier molecular flexibility index (Phi) is 8.26. The zero-order valence-corrected chi connectivity index (χ0v) is 14.3. The average Bonchev–Trinajstić information content (AvgIpc) is 2.40. The summed E-state index contributed by atoms with van der Waals surface area (Å²) in [6.07, 6.45) is 2.22. The van der Waals surface area contributed by atoms with Gasteiger partial charge in [0.15, 0.2) is 0 Å². The molecule has 0 aliphatic heterocycles. The van der Waals surface area contributed by atoms with E-state index in [-0.39, 0.29) is 5.75 Å². The lowest BCUT2D eigenvalue weighted by molar-refractivity contribution is 0.555. The van der Waals surface area contributed by atoms with Crippen LogP contribution in [0.1, 0.15) is 32.3 Å². The van der Waals surface area contributed by atoms with E-state index >= 15 is 0 Å². The Morgan fingerprint density at radius 2 is 1.76 bits per heavy atom. The Labute approximate surface area is 133 Å². The van der Waals surface area contributed by atoms with Crippen LogP contribution in [0, 0.1) is 0 Å². The van der Waals surface area contributed by atoms with Gasteiger partial charge in [0.1, 0.15) is 0 Å². The maximum Gasteiger partial charge on any atom is 0.211 e. The second-order valence-electron chi connectivity index (χ2n) is 5.41. The summed E-state index contributed by atoms with van der Waals surface area (Å²) in [6, 6.07) is 7.89. The van der Waals surface area contributed by atoms with Crippen LogP contribution in [0.25, 0.3) is 0 Å². The van der Waals surface area contributed by atoms with Gasteiger partial charge in [-0.3, -0.25) is 0 Å². The number of sulfonamides is 1. The fourth-order valence-electron chi connectivity index (χ4n) is 1.88. The molecule has 0 saturated carbocycles. The third kappa shape index (κ3) is 9.09. The van der Waals surface area contributed by atoms with Gasteiger partial charge < -0.3 is 5.32 Å². The van der Waals surface area contributed by atoms with Gasteiger partial charge in [-0.1, -0.05) is 37.6 Å². The molecule has 0 amide bonds. The third-order valence-corrected chi connectivity index (χ3v) is 4.76. The molecule has 120 valence electrons. The molecule has 2 N–H and O–H groups in total. The number of benzene rings is 1. The highest BCUT2D eigenvalue weighted by Gasteiger charge is 2.09. The minimum atomic E-state index is -3.16. The molecule has 0 bridgehead atoms. The van der Waals surface area contributed by atoms with Crippen molar-refractivity contribution in [2.24, 2.45) is 0 Å². The van der Waals surface area contributed by atoms with Crippen molar-refractivity contribution in [2.75, 3.05) is 18.8 Å². The van der Waals surface area contributed by atoms with Crippen LogP contribution < -0.4 is 10.0 Å². The summed E-state index contributed by atoms with van der Waals surface area (Å²) < 4.78 is 26.3. The zero-order chi connectivity index (χ0) is 15.7. The van der Waals surface area contributed by atoms with E-state index in [2.05, 4.69) is 23.9 Å². The maximum atomic E-state index is 11.8. The van der Waals surface area contributed by atoms with Crippen molar-refractivity contribution in [3.05, 3.63) is 34.9 Å². The van der Waals surface area contributed by atoms with Gasteiger partial charge in [-0.2, -0.15) is 0 Å². The largest absolute Gasteiger partial charge is 0.315 e. The lowest BCUT2D eigenvalue weighted by Crippen LogP contribution is -2.29. The molecule has 21 heavy (non-hydrogen) atoms. The lowest BCUT2D eigenvalue weighted by Gasteiger charge is -2.09. The smallest absolute Gasteiger partial charge is 0.211 e. The van der Waals surface area contributed by atoms with Gasteiger partial charge in [-0.05, 0) is 43.5 Å². The van der Waals surface area contributed by atoms with Crippen LogP contribution in [0.2, 0.25) is 5.02 Å². The summed E-state index contributed by atoms with van der Waals surface area (Å²) in [6.45, 7) is 5.44. The number of rotatable bonds is 10. The van der Waals surface area contributed by atoms with Gasteiger partial charge in [-0.15, -0.1) is 0 Å². The molecule has 4 nitrogen and oxygen atoms in total. The van der Waals surface area contributed by atoms with Gasteiger partial charge in [-0.25, -0.2) is 13.1 Å². The first-order chi connectivity index (χ1) is 9.89. The Morgan fingerprint density at radius 3 is 2.38 bits per heavy atom.